The highest BCUT2D eigenvalue weighted by Gasteiger charge is 2.24. The van der Waals surface area contributed by atoms with Crippen molar-refractivity contribution in [1.29, 1.82) is 0 Å². The van der Waals surface area contributed by atoms with E-state index in [0.29, 0.717) is 10.8 Å². The molecule has 0 radical (unpaired) electrons. The van der Waals surface area contributed by atoms with Crippen LogP contribution in [0.25, 0.3) is 0 Å². The standard InChI is InChI=1S/C17H20N2O2S/c1-11-6-2-3-7-12(11)18-16(20)10-15-17(21)19-13-8-4-5-9-14(13)22-15/h4-5,8-12H,2-3,6-7H2,1H3,(H,18,20)(H,19,21)/b15-10-/t11-,12-/m0/s1. The number of nitrogens with one attached hydrogen (secondary N) is 2. The molecule has 0 bridgehead atoms. The molecule has 1 fully saturated rings. The van der Waals surface area contributed by atoms with E-state index in [-0.39, 0.29) is 17.9 Å². The highest BCUT2D eigenvalue weighted by molar-refractivity contribution is 8.04. The summed E-state index contributed by atoms with van der Waals surface area (Å²) in [6, 6.07) is 7.83. The Morgan fingerprint density at radius 2 is 2.09 bits per heavy atom. The Labute approximate surface area is 134 Å². The van der Waals surface area contributed by atoms with Gasteiger partial charge in [-0.15, -0.1) is 0 Å². The average molecular weight is 316 g/mol. The van der Waals surface area contributed by atoms with E-state index < -0.39 is 0 Å². The second-order valence-corrected chi connectivity index (χ2v) is 7.02. The summed E-state index contributed by atoms with van der Waals surface area (Å²) in [6.07, 6.45) is 6.01. The van der Waals surface area contributed by atoms with Crippen molar-refractivity contribution in [2.24, 2.45) is 5.92 Å². The molecule has 0 saturated heterocycles. The zero-order chi connectivity index (χ0) is 15.5. The topological polar surface area (TPSA) is 58.2 Å². The number of carbonyl (C=O) groups is 2. The lowest BCUT2D eigenvalue weighted by Crippen LogP contribution is -2.40. The summed E-state index contributed by atoms with van der Waals surface area (Å²) in [7, 11) is 0. The van der Waals surface area contributed by atoms with Crippen molar-refractivity contribution in [3.8, 4) is 0 Å². The maximum absolute atomic E-state index is 12.2. The average Bonchev–Trinajstić information content (AvgIpc) is 2.50. The van der Waals surface area contributed by atoms with Crippen LogP contribution in [0.2, 0.25) is 0 Å². The van der Waals surface area contributed by atoms with Crippen molar-refractivity contribution in [3.05, 3.63) is 35.2 Å². The number of benzene rings is 1. The van der Waals surface area contributed by atoms with Gasteiger partial charge in [-0.2, -0.15) is 0 Å². The zero-order valence-corrected chi connectivity index (χ0v) is 13.4. The highest BCUT2D eigenvalue weighted by atomic mass is 32.2. The van der Waals surface area contributed by atoms with Crippen LogP contribution >= 0.6 is 11.8 Å². The van der Waals surface area contributed by atoms with Gasteiger partial charge in [0.05, 0.1) is 10.6 Å². The van der Waals surface area contributed by atoms with Gasteiger partial charge in [-0.1, -0.05) is 43.7 Å². The van der Waals surface area contributed by atoms with Gasteiger partial charge in [0, 0.05) is 17.0 Å². The van der Waals surface area contributed by atoms with Crippen molar-refractivity contribution in [2.45, 2.75) is 43.5 Å². The number of hydrogen-bond donors (Lipinski definition) is 2. The Morgan fingerprint density at radius 1 is 1.32 bits per heavy atom. The molecule has 1 aromatic rings. The summed E-state index contributed by atoms with van der Waals surface area (Å²) in [4.78, 5) is 25.7. The third-order valence-electron chi connectivity index (χ3n) is 4.28. The van der Waals surface area contributed by atoms with Crippen molar-refractivity contribution in [3.63, 3.8) is 0 Å². The number of fused-ring (bicyclic) bond motifs is 1. The number of thioether (sulfide) groups is 1. The Morgan fingerprint density at radius 3 is 2.91 bits per heavy atom. The fraction of sp³-hybridized carbons (Fsp3) is 0.412. The number of carbonyl (C=O) groups excluding carboxylic acids is 2. The van der Waals surface area contributed by atoms with E-state index in [4.69, 9.17) is 0 Å². The van der Waals surface area contributed by atoms with Crippen molar-refractivity contribution < 1.29 is 9.59 Å². The molecule has 0 aromatic heterocycles. The number of anilines is 1. The molecule has 1 aromatic carbocycles. The van der Waals surface area contributed by atoms with E-state index >= 15 is 0 Å². The van der Waals surface area contributed by atoms with Crippen LogP contribution in [0.15, 0.2) is 40.1 Å². The Balaban J connectivity index is 1.69. The molecule has 1 aliphatic carbocycles. The van der Waals surface area contributed by atoms with E-state index in [1.165, 1.54) is 24.3 Å². The molecule has 116 valence electrons. The quantitative estimate of drug-likeness (QED) is 0.823. The third-order valence-corrected chi connectivity index (χ3v) is 5.38. The Kier molecular flexibility index (Phi) is 4.52. The number of amides is 2. The first-order valence-electron chi connectivity index (χ1n) is 7.74. The minimum absolute atomic E-state index is 0.171. The van der Waals surface area contributed by atoms with Crippen LogP contribution in [-0.4, -0.2) is 17.9 Å². The van der Waals surface area contributed by atoms with Crippen molar-refractivity contribution >= 4 is 29.3 Å². The monoisotopic (exact) mass is 316 g/mol. The molecule has 2 aliphatic rings. The lowest BCUT2D eigenvalue weighted by molar-refractivity contribution is -0.118. The summed E-state index contributed by atoms with van der Waals surface area (Å²) in [6.45, 7) is 2.18. The van der Waals surface area contributed by atoms with Crippen LogP contribution in [0.3, 0.4) is 0 Å². The van der Waals surface area contributed by atoms with Gasteiger partial charge in [0.2, 0.25) is 5.91 Å². The van der Waals surface area contributed by atoms with Crippen LogP contribution in [0.5, 0.6) is 0 Å². The molecule has 2 N–H and O–H groups in total. The van der Waals surface area contributed by atoms with Gasteiger partial charge in [0.1, 0.15) is 0 Å². The van der Waals surface area contributed by atoms with Crippen molar-refractivity contribution in [2.75, 3.05) is 5.32 Å². The zero-order valence-electron chi connectivity index (χ0n) is 12.6. The molecule has 2 amide bonds. The molecule has 1 saturated carbocycles. The molecule has 1 heterocycles. The van der Waals surface area contributed by atoms with Gasteiger partial charge in [0.25, 0.3) is 5.91 Å². The molecule has 0 spiro atoms. The first-order chi connectivity index (χ1) is 10.6. The summed E-state index contributed by atoms with van der Waals surface area (Å²) >= 11 is 1.34. The first-order valence-corrected chi connectivity index (χ1v) is 8.55. The summed E-state index contributed by atoms with van der Waals surface area (Å²) < 4.78 is 0. The molecular weight excluding hydrogens is 296 g/mol. The number of hydrogen-bond acceptors (Lipinski definition) is 3. The molecule has 5 heteroatoms. The van der Waals surface area contributed by atoms with E-state index in [9.17, 15) is 9.59 Å². The molecule has 22 heavy (non-hydrogen) atoms. The lowest BCUT2D eigenvalue weighted by atomic mass is 9.86. The van der Waals surface area contributed by atoms with Crippen LogP contribution in [-0.2, 0) is 9.59 Å². The second-order valence-electron chi connectivity index (χ2n) is 5.94. The number of para-hydroxylation sites is 1. The fourth-order valence-electron chi connectivity index (χ4n) is 2.98. The smallest absolute Gasteiger partial charge is 0.262 e. The first kappa shape index (κ1) is 15.2. The van der Waals surface area contributed by atoms with Crippen LogP contribution < -0.4 is 10.6 Å². The molecule has 2 atom stereocenters. The van der Waals surface area contributed by atoms with Gasteiger partial charge >= 0.3 is 0 Å². The molecular formula is C17H20N2O2S. The molecule has 0 unspecified atom stereocenters. The Hall–Kier alpha value is -1.75. The maximum atomic E-state index is 12.2. The Bertz CT molecular complexity index is 627. The lowest BCUT2D eigenvalue weighted by Gasteiger charge is -2.29. The van der Waals surface area contributed by atoms with Gasteiger partial charge in [-0.05, 0) is 30.9 Å². The summed E-state index contributed by atoms with van der Waals surface area (Å²) in [5.41, 5.74) is 0.802. The summed E-state index contributed by atoms with van der Waals surface area (Å²) in [5, 5.41) is 5.87. The van der Waals surface area contributed by atoms with Gasteiger partial charge in [-0.25, -0.2) is 0 Å². The third kappa shape index (κ3) is 3.35. The predicted molar refractivity (Wildman–Crippen MR) is 88.6 cm³/mol. The predicted octanol–water partition coefficient (Wildman–Crippen LogP) is 3.31. The van der Waals surface area contributed by atoms with Crippen LogP contribution in [0.4, 0.5) is 5.69 Å². The van der Waals surface area contributed by atoms with Gasteiger partial charge in [0.15, 0.2) is 0 Å². The normalized spacial score (nSPS) is 26.2. The minimum Gasteiger partial charge on any atom is -0.350 e. The number of rotatable bonds is 2. The largest absolute Gasteiger partial charge is 0.350 e. The second kappa shape index (κ2) is 6.57. The van der Waals surface area contributed by atoms with E-state index in [2.05, 4.69) is 17.6 Å². The van der Waals surface area contributed by atoms with E-state index in [0.717, 1.165) is 29.8 Å². The van der Waals surface area contributed by atoms with Crippen LogP contribution in [0.1, 0.15) is 32.6 Å². The van der Waals surface area contributed by atoms with Gasteiger partial charge in [-0.3, -0.25) is 9.59 Å². The summed E-state index contributed by atoms with van der Waals surface area (Å²) in [5.74, 6) is 0.121. The fourth-order valence-corrected chi connectivity index (χ4v) is 3.90. The van der Waals surface area contributed by atoms with Crippen LogP contribution in [0, 0.1) is 5.92 Å². The molecule has 4 nitrogen and oxygen atoms in total. The molecule has 1 aliphatic heterocycles. The van der Waals surface area contributed by atoms with E-state index in [1.54, 1.807) is 0 Å². The molecule has 3 rings (SSSR count). The van der Waals surface area contributed by atoms with Gasteiger partial charge < -0.3 is 10.6 Å². The van der Waals surface area contributed by atoms with Crippen molar-refractivity contribution in [1.82, 2.24) is 5.32 Å². The minimum atomic E-state index is -0.212. The highest BCUT2D eigenvalue weighted by Crippen LogP contribution is 2.37. The van der Waals surface area contributed by atoms with E-state index in [1.807, 2.05) is 24.3 Å². The maximum Gasteiger partial charge on any atom is 0.262 e. The SMILES string of the molecule is C[C@H]1CCCC[C@@H]1NC(=O)/C=C1\Sc2ccccc2NC1=O.